The molecule has 0 aliphatic rings. The van der Waals surface area contributed by atoms with Gasteiger partial charge in [0.05, 0.1) is 10.6 Å². The van der Waals surface area contributed by atoms with E-state index in [2.05, 4.69) is 5.32 Å². The van der Waals surface area contributed by atoms with E-state index >= 15 is 0 Å². The molecule has 2 atom stereocenters. The van der Waals surface area contributed by atoms with E-state index in [1.54, 1.807) is 36.4 Å². The van der Waals surface area contributed by atoms with Crippen LogP contribution in [0.4, 0.5) is 5.69 Å². The van der Waals surface area contributed by atoms with Crippen molar-refractivity contribution in [2.45, 2.75) is 71.0 Å². The van der Waals surface area contributed by atoms with Crippen LogP contribution in [0, 0.1) is 20.8 Å². The van der Waals surface area contributed by atoms with Crippen LogP contribution in [-0.4, -0.2) is 43.8 Å². The molecule has 4 aromatic carbocycles. The first-order valence-electron chi connectivity index (χ1n) is 15.3. The van der Waals surface area contributed by atoms with Crippen LogP contribution in [0.3, 0.4) is 0 Å². The van der Waals surface area contributed by atoms with Gasteiger partial charge in [0.2, 0.25) is 11.8 Å². The largest absolute Gasteiger partial charge is 0.352 e. The van der Waals surface area contributed by atoms with Crippen molar-refractivity contribution >= 4 is 27.5 Å². The van der Waals surface area contributed by atoms with Gasteiger partial charge in [-0.1, -0.05) is 103 Å². The molecule has 236 valence electrons. The van der Waals surface area contributed by atoms with Crippen LogP contribution in [0.2, 0.25) is 0 Å². The summed E-state index contributed by atoms with van der Waals surface area (Å²) in [6.45, 7) is 9.26. The molecule has 0 radical (unpaired) electrons. The topological polar surface area (TPSA) is 86.8 Å². The highest BCUT2D eigenvalue weighted by Crippen LogP contribution is 2.28. The average Bonchev–Trinajstić information content (AvgIpc) is 3.02. The van der Waals surface area contributed by atoms with Crippen LogP contribution in [0.5, 0.6) is 0 Å². The minimum atomic E-state index is -4.14. The van der Waals surface area contributed by atoms with E-state index < -0.39 is 28.5 Å². The molecular weight excluding hydrogens is 582 g/mol. The van der Waals surface area contributed by atoms with E-state index in [1.807, 2.05) is 101 Å². The number of benzene rings is 4. The number of sulfonamides is 1. The third-order valence-electron chi connectivity index (χ3n) is 7.98. The SMILES string of the molecule is CC[C@@H](C)NC(=O)[C@H](Cc1ccccc1)N(Cc1cccc(C)c1)C(=O)CN(c1ccccc1C)S(=O)(=O)c1ccc(C)cc1. The number of hydrogen-bond acceptors (Lipinski definition) is 4. The predicted octanol–water partition coefficient (Wildman–Crippen LogP) is 6.36. The fourth-order valence-corrected chi connectivity index (χ4v) is 6.67. The fraction of sp³-hybridized carbons (Fsp3) is 0.297. The van der Waals surface area contributed by atoms with Crippen molar-refractivity contribution in [3.8, 4) is 0 Å². The van der Waals surface area contributed by atoms with Crippen LogP contribution in [0.1, 0.15) is 48.1 Å². The number of rotatable bonds is 13. The molecule has 7 nitrogen and oxygen atoms in total. The zero-order valence-corrected chi connectivity index (χ0v) is 27.6. The van der Waals surface area contributed by atoms with Gasteiger partial charge in [0, 0.05) is 19.0 Å². The summed E-state index contributed by atoms with van der Waals surface area (Å²) in [5, 5.41) is 3.07. The lowest BCUT2D eigenvalue weighted by Gasteiger charge is -2.34. The lowest BCUT2D eigenvalue weighted by molar-refractivity contribution is -0.140. The second-order valence-electron chi connectivity index (χ2n) is 11.6. The molecule has 0 unspecified atom stereocenters. The molecule has 0 fully saturated rings. The molecule has 2 amide bonds. The van der Waals surface area contributed by atoms with Gasteiger partial charge in [-0.25, -0.2) is 8.42 Å². The highest BCUT2D eigenvalue weighted by molar-refractivity contribution is 7.92. The Labute approximate surface area is 268 Å². The number of anilines is 1. The first kappa shape index (κ1) is 33.5. The first-order chi connectivity index (χ1) is 21.5. The Morgan fingerprint density at radius 3 is 2.07 bits per heavy atom. The number of nitrogens with one attached hydrogen (secondary N) is 1. The molecule has 4 aromatic rings. The van der Waals surface area contributed by atoms with Crippen LogP contribution >= 0.6 is 0 Å². The summed E-state index contributed by atoms with van der Waals surface area (Å²) in [6.07, 6.45) is 1.00. The third-order valence-corrected chi connectivity index (χ3v) is 9.75. The maximum Gasteiger partial charge on any atom is 0.264 e. The zero-order chi connectivity index (χ0) is 32.6. The first-order valence-corrected chi connectivity index (χ1v) is 16.8. The normalized spacial score (nSPS) is 12.6. The van der Waals surface area contributed by atoms with Gasteiger partial charge >= 0.3 is 0 Å². The number of amides is 2. The van der Waals surface area contributed by atoms with E-state index in [-0.39, 0.29) is 29.8 Å². The smallest absolute Gasteiger partial charge is 0.264 e. The van der Waals surface area contributed by atoms with Gasteiger partial charge in [-0.3, -0.25) is 13.9 Å². The molecule has 0 bridgehead atoms. The maximum absolute atomic E-state index is 14.6. The summed E-state index contributed by atoms with van der Waals surface area (Å²) < 4.78 is 29.6. The van der Waals surface area contributed by atoms with E-state index in [0.717, 1.165) is 28.7 Å². The van der Waals surface area contributed by atoms with Crippen LogP contribution < -0.4 is 9.62 Å². The monoisotopic (exact) mass is 625 g/mol. The fourth-order valence-electron chi connectivity index (χ4n) is 5.20. The van der Waals surface area contributed by atoms with Gasteiger partial charge in [0.15, 0.2) is 0 Å². The van der Waals surface area contributed by atoms with Crippen molar-refractivity contribution in [3.63, 3.8) is 0 Å². The van der Waals surface area contributed by atoms with Crippen molar-refractivity contribution in [2.75, 3.05) is 10.8 Å². The standard InChI is InChI=1S/C37H43N3O4S/c1-6-30(5)38-37(42)35(24-31-15-8-7-9-16-31)39(25-32-17-12-13-28(3)23-32)36(41)26-40(34-18-11-10-14-29(34)4)45(43,44)33-21-19-27(2)20-22-33/h7-23,30,35H,6,24-26H2,1-5H3,(H,38,42)/t30-,35+/m1/s1. The van der Waals surface area contributed by atoms with Gasteiger partial charge in [-0.15, -0.1) is 0 Å². The quantitative estimate of drug-likeness (QED) is 0.187. The Balaban J connectivity index is 1.82. The molecule has 0 aromatic heterocycles. The number of aryl methyl sites for hydroxylation is 3. The summed E-state index contributed by atoms with van der Waals surface area (Å²) >= 11 is 0. The van der Waals surface area contributed by atoms with Crippen molar-refractivity contribution in [1.29, 1.82) is 0 Å². The lowest BCUT2D eigenvalue weighted by atomic mass is 10.0. The van der Waals surface area contributed by atoms with E-state index in [0.29, 0.717) is 11.3 Å². The maximum atomic E-state index is 14.6. The molecule has 0 aliphatic carbocycles. The molecule has 45 heavy (non-hydrogen) atoms. The molecule has 0 saturated carbocycles. The molecule has 1 N–H and O–H groups in total. The molecule has 4 rings (SSSR count). The summed E-state index contributed by atoms with van der Waals surface area (Å²) in [5.74, 6) is -0.756. The number of nitrogens with zero attached hydrogens (tertiary/aromatic N) is 2. The Hall–Kier alpha value is -4.43. The highest BCUT2D eigenvalue weighted by atomic mass is 32.2. The Kier molecular flexibility index (Phi) is 11.2. The lowest BCUT2D eigenvalue weighted by Crippen LogP contribution is -2.54. The summed E-state index contributed by atoms with van der Waals surface area (Å²) in [5.41, 5.74) is 4.81. The number of carbonyl (C=O) groups is 2. The number of hydrogen-bond donors (Lipinski definition) is 1. The minimum absolute atomic E-state index is 0.0877. The minimum Gasteiger partial charge on any atom is -0.352 e. The van der Waals surface area contributed by atoms with Gasteiger partial charge < -0.3 is 10.2 Å². The Morgan fingerprint density at radius 2 is 1.42 bits per heavy atom. The van der Waals surface area contributed by atoms with Gasteiger partial charge in [0.25, 0.3) is 10.0 Å². The number of para-hydroxylation sites is 1. The van der Waals surface area contributed by atoms with Crippen LogP contribution in [0.25, 0.3) is 0 Å². The van der Waals surface area contributed by atoms with Gasteiger partial charge in [0.1, 0.15) is 12.6 Å². The molecule has 0 heterocycles. The second-order valence-corrected chi connectivity index (χ2v) is 13.5. The summed E-state index contributed by atoms with van der Waals surface area (Å²) in [7, 11) is -4.14. The van der Waals surface area contributed by atoms with Crippen molar-refractivity contribution in [3.05, 3.63) is 131 Å². The molecule has 0 aliphatic heterocycles. The summed E-state index contributed by atoms with van der Waals surface area (Å²) in [6, 6.07) is 30.1. The van der Waals surface area contributed by atoms with E-state index in [4.69, 9.17) is 0 Å². The zero-order valence-electron chi connectivity index (χ0n) is 26.7. The van der Waals surface area contributed by atoms with Gasteiger partial charge in [-0.2, -0.15) is 0 Å². The van der Waals surface area contributed by atoms with Crippen LogP contribution in [-0.2, 0) is 32.6 Å². The Bertz CT molecular complexity index is 1710. The van der Waals surface area contributed by atoms with Crippen molar-refractivity contribution in [2.24, 2.45) is 0 Å². The third kappa shape index (κ3) is 8.60. The van der Waals surface area contributed by atoms with Crippen LogP contribution in [0.15, 0.2) is 108 Å². The Morgan fingerprint density at radius 1 is 0.778 bits per heavy atom. The van der Waals surface area contributed by atoms with Crippen molar-refractivity contribution < 1.29 is 18.0 Å². The summed E-state index contributed by atoms with van der Waals surface area (Å²) in [4.78, 5) is 30.2. The number of carbonyl (C=O) groups excluding carboxylic acids is 2. The van der Waals surface area contributed by atoms with E-state index in [9.17, 15) is 18.0 Å². The van der Waals surface area contributed by atoms with E-state index in [1.165, 1.54) is 9.21 Å². The van der Waals surface area contributed by atoms with Crippen molar-refractivity contribution in [1.82, 2.24) is 10.2 Å². The molecule has 0 spiro atoms. The highest BCUT2D eigenvalue weighted by Gasteiger charge is 2.35. The predicted molar refractivity (Wildman–Crippen MR) is 180 cm³/mol. The van der Waals surface area contributed by atoms with Gasteiger partial charge in [-0.05, 0) is 69.0 Å². The molecular formula is C37H43N3O4S. The molecule has 0 saturated heterocycles. The average molecular weight is 626 g/mol. The molecule has 8 heteroatoms. The second kappa shape index (κ2) is 15.0.